The molecule has 0 radical (unpaired) electrons. The molecule has 0 aliphatic carbocycles. The number of fused-ring (bicyclic) bond motifs is 1. The molecule has 0 fully saturated rings. The third-order valence-electron chi connectivity index (χ3n) is 3.19. The SMILES string of the molecule is O=C1Cc2cc(C(Cl)c3cccc(Br)c3)ccc2N1. The highest BCUT2D eigenvalue weighted by Gasteiger charge is 2.20. The monoisotopic (exact) mass is 335 g/mol. The van der Waals surface area contributed by atoms with Gasteiger partial charge in [0.15, 0.2) is 0 Å². The number of rotatable bonds is 2. The summed E-state index contributed by atoms with van der Waals surface area (Å²) in [5, 5.41) is 2.61. The fraction of sp³-hybridized carbons (Fsp3) is 0.133. The number of carbonyl (C=O) groups is 1. The lowest BCUT2D eigenvalue weighted by molar-refractivity contribution is -0.115. The number of halogens is 2. The minimum absolute atomic E-state index is 0.0423. The number of nitrogens with one attached hydrogen (secondary N) is 1. The van der Waals surface area contributed by atoms with Crippen molar-refractivity contribution in [1.82, 2.24) is 0 Å². The first-order valence-corrected chi connectivity index (χ1v) is 7.18. The Balaban J connectivity index is 1.95. The molecule has 19 heavy (non-hydrogen) atoms. The molecule has 1 atom stereocenters. The van der Waals surface area contributed by atoms with Crippen LogP contribution in [0.25, 0.3) is 0 Å². The van der Waals surface area contributed by atoms with E-state index in [-0.39, 0.29) is 11.3 Å². The molecule has 1 amide bonds. The second-order valence-electron chi connectivity index (χ2n) is 4.56. The van der Waals surface area contributed by atoms with Crippen molar-refractivity contribution < 1.29 is 4.79 Å². The van der Waals surface area contributed by atoms with Crippen molar-refractivity contribution in [3.05, 3.63) is 63.6 Å². The molecule has 2 nitrogen and oxygen atoms in total. The zero-order chi connectivity index (χ0) is 13.4. The largest absolute Gasteiger partial charge is 0.326 e. The zero-order valence-corrected chi connectivity index (χ0v) is 12.3. The van der Waals surface area contributed by atoms with Crippen molar-refractivity contribution in [3.63, 3.8) is 0 Å². The Hall–Kier alpha value is -1.32. The molecular weight excluding hydrogens is 326 g/mol. The third-order valence-corrected chi connectivity index (χ3v) is 4.19. The van der Waals surface area contributed by atoms with E-state index in [4.69, 9.17) is 11.6 Å². The highest BCUT2D eigenvalue weighted by atomic mass is 79.9. The number of anilines is 1. The smallest absolute Gasteiger partial charge is 0.228 e. The predicted molar refractivity (Wildman–Crippen MR) is 80.6 cm³/mol. The van der Waals surface area contributed by atoms with E-state index in [0.29, 0.717) is 6.42 Å². The number of alkyl halides is 1. The molecule has 1 aliphatic heterocycles. The van der Waals surface area contributed by atoms with Crippen molar-refractivity contribution in [2.45, 2.75) is 11.8 Å². The van der Waals surface area contributed by atoms with E-state index in [1.165, 1.54) is 0 Å². The molecule has 0 saturated heterocycles. The Morgan fingerprint density at radius 2 is 1.95 bits per heavy atom. The van der Waals surface area contributed by atoms with Gasteiger partial charge in [-0.2, -0.15) is 0 Å². The molecule has 0 spiro atoms. The Morgan fingerprint density at radius 3 is 2.74 bits per heavy atom. The summed E-state index contributed by atoms with van der Waals surface area (Å²) in [7, 11) is 0. The van der Waals surface area contributed by atoms with E-state index < -0.39 is 0 Å². The normalized spacial score (nSPS) is 14.9. The van der Waals surface area contributed by atoms with Crippen LogP contribution in [0, 0.1) is 0 Å². The molecule has 96 valence electrons. The van der Waals surface area contributed by atoms with Crippen LogP contribution < -0.4 is 5.32 Å². The van der Waals surface area contributed by atoms with Crippen LogP contribution >= 0.6 is 27.5 Å². The van der Waals surface area contributed by atoms with Crippen LogP contribution in [0.4, 0.5) is 5.69 Å². The van der Waals surface area contributed by atoms with Crippen LogP contribution in [0.3, 0.4) is 0 Å². The average molecular weight is 337 g/mol. The van der Waals surface area contributed by atoms with Gasteiger partial charge in [0.2, 0.25) is 5.91 Å². The van der Waals surface area contributed by atoms with Gasteiger partial charge in [-0.05, 0) is 34.9 Å². The van der Waals surface area contributed by atoms with Crippen molar-refractivity contribution in [1.29, 1.82) is 0 Å². The van der Waals surface area contributed by atoms with Gasteiger partial charge in [0.05, 0.1) is 11.8 Å². The fourth-order valence-corrected chi connectivity index (χ4v) is 2.95. The molecule has 1 heterocycles. The van der Waals surface area contributed by atoms with Crippen molar-refractivity contribution in [2.24, 2.45) is 0 Å². The summed E-state index contributed by atoms with van der Waals surface area (Å²) in [4.78, 5) is 11.3. The molecule has 2 aromatic rings. The number of benzene rings is 2. The van der Waals surface area contributed by atoms with Gasteiger partial charge < -0.3 is 5.32 Å². The van der Waals surface area contributed by atoms with E-state index in [9.17, 15) is 4.79 Å². The molecule has 3 rings (SSSR count). The van der Waals surface area contributed by atoms with Crippen LogP contribution in [0.1, 0.15) is 22.1 Å². The summed E-state index contributed by atoms with van der Waals surface area (Å²) < 4.78 is 1.01. The molecule has 1 aliphatic rings. The number of hydrogen-bond acceptors (Lipinski definition) is 1. The topological polar surface area (TPSA) is 29.1 Å². The van der Waals surface area contributed by atoms with Crippen LogP contribution in [0.5, 0.6) is 0 Å². The maximum absolute atomic E-state index is 11.3. The summed E-state index contributed by atoms with van der Waals surface area (Å²) in [6.07, 6.45) is 0.436. The van der Waals surface area contributed by atoms with E-state index in [1.54, 1.807) is 0 Å². The van der Waals surface area contributed by atoms with Crippen molar-refractivity contribution >= 4 is 39.1 Å². The van der Waals surface area contributed by atoms with Crippen LogP contribution in [0.2, 0.25) is 0 Å². The maximum Gasteiger partial charge on any atom is 0.228 e. The molecular formula is C15H11BrClNO. The van der Waals surface area contributed by atoms with Gasteiger partial charge in [-0.3, -0.25) is 4.79 Å². The Kier molecular flexibility index (Phi) is 3.33. The minimum Gasteiger partial charge on any atom is -0.326 e. The molecule has 1 unspecified atom stereocenters. The number of hydrogen-bond donors (Lipinski definition) is 1. The predicted octanol–water partition coefficient (Wildman–Crippen LogP) is 4.27. The first kappa shape index (κ1) is 12.7. The third kappa shape index (κ3) is 2.53. The number of amides is 1. The number of carbonyl (C=O) groups excluding carboxylic acids is 1. The van der Waals surface area contributed by atoms with Gasteiger partial charge in [-0.25, -0.2) is 0 Å². The molecule has 1 N–H and O–H groups in total. The molecule has 0 aromatic heterocycles. The first-order chi connectivity index (χ1) is 9.13. The van der Waals surface area contributed by atoms with Crippen molar-refractivity contribution in [3.8, 4) is 0 Å². The average Bonchev–Trinajstić information content (AvgIpc) is 2.76. The van der Waals surface area contributed by atoms with Gasteiger partial charge in [0.1, 0.15) is 0 Å². The summed E-state index contributed by atoms with van der Waals surface area (Å²) in [5.74, 6) is 0.0423. The second kappa shape index (κ2) is 4.99. The summed E-state index contributed by atoms with van der Waals surface area (Å²) in [6, 6.07) is 13.8. The van der Waals surface area contributed by atoms with E-state index in [2.05, 4.69) is 21.2 Å². The highest BCUT2D eigenvalue weighted by molar-refractivity contribution is 9.10. The Labute approximate surface area is 124 Å². The van der Waals surface area contributed by atoms with E-state index in [1.807, 2.05) is 42.5 Å². The fourth-order valence-electron chi connectivity index (χ4n) is 2.26. The summed E-state index contributed by atoms with van der Waals surface area (Å²) >= 11 is 9.96. The van der Waals surface area contributed by atoms with Crippen LogP contribution in [0.15, 0.2) is 46.9 Å². The van der Waals surface area contributed by atoms with Gasteiger partial charge in [-0.1, -0.05) is 40.2 Å². The minimum atomic E-state index is -0.210. The molecule has 4 heteroatoms. The van der Waals surface area contributed by atoms with Gasteiger partial charge in [0, 0.05) is 10.2 Å². The molecule has 2 aromatic carbocycles. The van der Waals surface area contributed by atoms with Gasteiger partial charge in [0.25, 0.3) is 0 Å². The van der Waals surface area contributed by atoms with E-state index >= 15 is 0 Å². The van der Waals surface area contributed by atoms with Gasteiger partial charge in [-0.15, -0.1) is 11.6 Å². The molecule has 0 bridgehead atoms. The van der Waals surface area contributed by atoms with E-state index in [0.717, 1.165) is 26.9 Å². The second-order valence-corrected chi connectivity index (χ2v) is 5.91. The lowest BCUT2D eigenvalue weighted by Gasteiger charge is -2.12. The lowest BCUT2D eigenvalue weighted by atomic mass is 10.0. The quantitative estimate of drug-likeness (QED) is 0.815. The van der Waals surface area contributed by atoms with Gasteiger partial charge >= 0.3 is 0 Å². The molecule has 0 saturated carbocycles. The maximum atomic E-state index is 11.3. The summed E-state index contributed by atoms with van der Waals surface area (Å²) in [6.45, 7) is 0. The lowest BCUT2D eigenvalue weighted by Crippen LogP contribution is -2.03. The standard InChI is InChI=1S/C15H11BrClNO/c16-12-3-1-2-9(7-12)15(17)10-4-5-13-11(6-10)8-14(19)18-13/h1-7,15H,8H2,(H,18,19). The van der Waals surface area contributed by atoms with Crippen molar-refractivity contribution in [2.75, 3.05) is 5.32 Å². The highest BCUT2D eigenvalue weighted by Crippen LogP contribution is 2.33. The summed E-state index contributed by atoms with van der Waals surface area (Å²) in [5.41, 5.74) is 3.96. The van der Waals surface area contributed by atoms with Crippen LogP contribution in [-0.2, 0) is 11.2 Å². The first-order valence-electron chi connectivity index (χ1n) is 5.96. The zero-order valence-electron chi connectivity index (χ0n) is 9.99. The van der Waals surface area contributed by atoms with Crippen LogP contribution in [-0.4, -0.2) is 5.91 Å². The Morgan fingerprint density at radius 1 is 1.16 bits per heavy atom. The Bertz CT molecular complexity index is 656.